The van der Waals surface area contributed by atoms with Crippen LogP contribution in [0, 0.1) is 0 Å². The van der Waals surface area contributed by atoms with Crippen molar-refractivity contribution >= 4 is 32.5 Å². The maximum Gasteiger partial charge on any atom is 0.279 e. The van der Waals surface area contributed by atoms with E-state index in [2.05, 4.69) is 39.3 Å². The number of fused-ring (bicyclic) bond motifs is 2. The molecule has 4 aromatic rings. The van der Waals surface area contributed by atoms with Gasteiger partial charge in [-0.15, -0.1) is 0 Å². The van der Waals surface area contributed by atoms with Crippen LogP contribution in [0.5, 0.6) is 10.9 Å². The second-order valence-corrected chi connectivity index (χ2v) is 8.22. The van der Waals surface area contributed by atoms with E-state index in [1.165, 1.54) is 48.8 Å². The van der Waals surface area contributed by atoms with Gasteiger partial charge in [0.2, 0.25) is 0 Å². The molecule has 1 aliphatic heterocycles. The molecule has 5 rings (SSSR count). The van der Waals surface area contributed by atoms with Crippen LogP contribution in [-0.2, 0) is 6.42 Å². The average molecular weight is 378 g/mol. The number of thiazole rings is 1. The summed E-state index contributed by atoms with van der Waals surface area (Å²) < 4.78 is 7.22. The molecule has 0 spiro atoms. The van der Waals surface area contributed by atoms with Crippen LogP contribution in [0.25, 0.3) is 21.1 Å². The minimum atomic E-state index is 0.695. The monoisotopic (exact) mass is 377 g/mol. The standard InChI is InChI=1S/C22H23N3OS/c1-4-11-25(12-5-1)13-10-16-15-23-19-9-8-17(14-18(16)19)26-22-24-20-6-2-3-7-21(20)27-22/h2-3,6-9,14-15,23H,1,4-5,10-13H2. The third-order valence-corrected chi connectivity index (χ3v) is 6.28. The number of aromatic nitrogens is 2. The van der Waals surface area contributed by atoms with E-state index in [9.17, 15) is 0 Å². The molecule has 5 heteroatoms. The lowest BCUT2D eigenvalue weighted by Gasteiger charge is -2.26. The van der Waals surface area contributed by atoms with E-state index < -0.39 is 0 Å². The van der Waals surface area contributed by atoms with Crippen LogP contribution in [0.1, 0.15) is 24.8 Å². The minimum Gasteiger partial charge on any atom is -0.431 e. The number of para-hydroxylation sites is 1. The molecule has 0 unspecified atom stereocenters. The van der Waals surface area contributed by atoms with E-state index in [4.69, 9.17) is 4.74 Å². The highest BCUT2D eigenvalue weighted by molar-refractivity contribution is 7.20. The lowest BCUT2D eigenvalue weighted by Crippen LogP contribution is -2.31. The summed E-state index contributed by atoms with van der Waals surface area (Å²) in [7, 11) is 0. The smallest absolute Gasteiger partial charge is 0.279 e. The van der Waals surface area contributed by atoms with Crippen molar-refractivity contribution in [2.75, 3.05) is 19.6 Å². The first-order chi connectivity index (χ1) is 13.3. The van der Waals surface area contributed by atoms with E-state index in [0.717, 1.165) is 28.9 Å². The number of rotatable bonds is 5. The molecule has 0 saturated carbocycles. The number of nitrogens with one attached hydrogen (secondary N) is 1. The van der Waals surface area contributed by atoms with Crippen molar-refractivity contribution in [1.29, 1.82) is 0 Å². The summed E-state index contributed by atoms with van der Waals surface area (Å²) in [5.41, 5.74) is 3.52. The number of hydrogen-bond acceptors (Lipinski definition) is 4. The molecule has 0 amide bonds. The summed E-state index contributed by atoms with van der Waals surface area (Å²) in [6, 6.07) is 14.4. The fourth-order valence-electron chi connectivity index (χ4n) is 3.88. The van der Waals surface area contributed by atoms with Crippen LogP contribution < -0.4 is 4.74 Å². The molecule has 27 heavy (non-hydrogen) atoms. The van der Waals surface area contributed by atoms with E-state index in [0.29, 0.717) is 5.19 Å². The number of benzene rings is 2. The maximum atomic E-state index is 6.07. The molecule has 1 aliphatic rings. The second-order valence-electron chi connectivity index (χ2n) is 7.22. The summed E-state index contributed by atoms with van der Waals surface area (Å²) in [4.78, 5) is 10.6. The number of aromatic amines is 1. The Morgan fingerprint density at radius 3 is 2.85 bits per heavy atom. The highest BCUT2D eigenvalue weighted by Gasteiger charge is 2.12. The molecule has 3 heterocycles. The first-order valence-electron chi connectivity index (χ1n) is 9.71. The summed E-state index contributed by atoms with van der Waals surface area (Å²) in [6.07, 6.45) is 7.29. The molecular formula is C22H23N3OS. The summed E-state index contributed by atoms with van der Waals surface area (Å²) in [5.74, 6) is 0.848. The number of piperidine rings is 1. The van der Waals surface area contributed by atoms with Crippen LogP contribution in [-0.4, -0.2) is 34.5 Å². The molecule has 1 fully saturated rings. The Morgan fingerprint density at radius 1 is 1.07 bits per heavy atom. The zero-order valence-electron chi connectivity index (χ0n) is 15.3. The van der Waals surface area contributed by atoms with Gasteiger partial charge in [0.05, 0.1) is 10.2 Å². The molecular weight excluding hydrogens is 354 g/mol. The third-order valence-electron chi connectivity index (χ3n) is 5.36. The number of H-pyrrole nitrogens is 1. The molecule has 1 saturated heterocycles. The predicted molar refractivity (Wildman–Crippen MR) is 112 cm³/mol. The SMILES string of the molecule is c1ccc2sc(Oc3ccc4[nH]cc(CCN5CCCCC5)c4c3)nc2c1. The van der Waals surface area contributed by atoms with Gasteiger partial charge in [-0.2, -0.15) is 0 Å². The highest BCUT2D eigenvalue weighted by atomic mass is 32.1. The topological polar surface area (TPSA) is 41.1 Å². The normalized spacial score (nSPS) is 15.6. The molecule has 0 atom stereocenters. The van der Waals surface area contributed by atoms with Gasteiger partial charge in [-0.05, 0) is 68.2 Å². The fourth-order valence-corrected chi connectivity index (χ4v) is 4.72. The largest absolute Gasteiger partial charge is 0.431 e. The molecule has 4 nitrogen and oxygen atoms in total. The number of nitrogens with zero attached hydrogens (tertiary/aromatic N) is 2. The predicted octanol–water partition coefficient (Wildman–Crippen LogP) is 5.60. The second kappa shape index (κ2) is 7.33. The van der Waals surface area contributed by atoms with E-state index >= 15 is 0 Å². The van der Waals surface area contributed by atoms with Crippen molar-refractivity contribution in [2.24, 2.45) is 0 Å². The minimum absolute atomic E-state index is 0.695. The van der Waals surface area contributed by atoms with E-state index in [-0.39, 0.29) is 0 Å². The summed E-state index contributed by atoms with van der Waals surface area (Å²) in [6.45, 7) is 3.62. The van der Waals surface area contributed by atoms with Crippen molar-refractivity contribution < 1.29 is 4.74 Å². The van der Waals surface area contributed by atoms with Crippen LogP contribution in [0.15, 0.2) is 48.7 Å². The van der Waals surface area contributed by atoms with Crippen LogP contribution in [0.2, 0.25) is 0 Å². The van der Waals surface area contributed by atoms with Gasteiger partial charge in [-0.3, -0.25) is 0 Å². The van der Waals surface area contributed by atoms with Crippen molar-refractivity contribution in [1.82, 2.24) is 14.9 Å². The Bertz CT molecular complexity index is 1030. The molecule has 0 radical (unpaired) electrons. The van der Waals surface area contributed by atoms with Gasteiger partial charge in [0, 0.05) is 23.6 Å². The zero-order chi connectivity index (χ0) is 18.1. The highest BCUT2D eigenvalue weighted by Crippen LogP contribution is 2.33. The van der Waals surface area contributed by atoms with Gasteiger partial charge in [-0.25, -0.2) is 4.98 Å². The van der Waals surface area contributed by atoms with Crippen molar-refractivity contribution in [3.05, 3.63) is 54.2 Å². The Labute approximate surface area is 162 Å². The number of ether oxygens (including phenoxy) is 1. The van der Waals surface area contributed by atoms with Crippen molar-refractivity contribution in [2.45, 2.75) is 25.7 Å². The Hall–Kier alpha value is -2.37. The molecule has 138 valence electrons. The Kier molecular flexibility index (Phi) is 4.56. The molecule has 1 N–H and O–H groups in total. The van der Waals surface area contributed by atoms with Crippen molar-refractivity contribution in [3.63, 3.8) is 0 Å². The van der Waals surface area contributed by atoms with Crippen molar-refractivity contribution in [3.8, 4) is 10.9 Å². The third kappa shape index (κ3) is 3.57. The van der Waals surface area contributed by atoms with Gasteiger partial charge in [0.1, 0.15) is 5.75 Å². The zero-order valence-corrected chi connectivity index (χ0v) is 16.1. The first kappa shape index (κ1) is 16.8. The molecule has 0 aliphatic carbocycles. The van der Waals surface area contributed by atoms with Gasteiger partial charge in [0.15, 0.2) is 0 Å². The Morgan fingerprint density at radius 2 is 1.96 bits per heavy atom. The number of likely N-dealkylation sites (tertiary alicyclic amines) is 1. The van der Waals surface area contributed by atoms with E-state index in [1.54, 1.807) is 11.3 Å². The summed E-state index contributed by atoms with van der Waals surface area (Å²) in [5, 5.41) is 1.95. The first-order valence-corrected chi connectivity index (χ1v) is 10.5. The van der Waals surface area contributed by atoms with Gasteiger partial charge in [0.25, 0.3) is 5.19 Å². The van der Waals surface area contributed by atoms with Crippen LogP contribution in [0.3, 0.4) is 0 Å². The lowest BCUT2D eigenvalue weighted by atomic mass is 10.1. The van der Waals surface area contributed by atoms with Gasteiger partial charge >= 0.3 is 0 Å². The van der Waals surface area contributed by atoms with Crippen LogP contribution in [0.4, 0.5) is 0 Å². The molecule has 2 aromatic carbocycles. The average Bonchev–Trinajstić information content (AvgIpc) is 3.30. The summed E-state index contributed by atoms with van der Waals surface area (Å²) >= 11 is 1.58. The van der Waals surface area contributed by atoms with Gasteiger partial charge < -0.3 is 14.6 Å². The lowest BCUT2D eigenvalue weighted by molar-refractivity contribution is 0.231. The maximum absolute atomic E-state index is 6.07. The van der Waals surface area contributed by atoms with Gasteiger partial charge in [-0.1, -0.05) is 29.9 Å². The molecule has 2 aromatic heterocycles. The fraction of sp³-hybridized carbons (Fsp3) is 0.318. The van der Waals surface area contributed by atoms with E-state index in [1.807, 2.05) is 24.3 Å². The number of hydrogen-bond donors (Lipinski definition) is 1. The Balaban J connectivity index is 1.35. The quantitative estimate of drug-likeness (QED) is 0.492. The molecule has 0 bridgehead atoms. The van der Waals surface area contributed by atoms with Crippen LogP contribution >= 0.6 is 11.3 Å².